The van der Waals surface area contributed by atoms with Crippen LogP contribution in [0.1, 0.15) is 6.92 Å². The Labute approximate surface area is 84.1 Å². The zero-order chi connectivity index (χ0) is 9.78. The van der Waals surface area contributed by atoms with Gasteiger partial charge < -0.3 is 10.1 Å². The van der Waals surface area contributed by atoms with Crippen LogP contribution in [-0.2, 0) is 9.53 Å². The molecule has 70 valence electrons. The van der Waals surface area contributed by atoms with Crippen molar-refractivity contribution in [3.8, 4) is 0 Å². The molecule has 0 spiro atoms. The van der Waals surface area contributed by atoms with Gasteiger partial charge in [-0.25, -0.2) is 9.59 Å². The average Bonchev–Trinajstić information content (AvgIpc) is 1.85. The van der Waals surface area contributed by atoms with Gasteiger partial charge >= 0.3 is 12.1 Å². The van der Waals surface area contributed by atoms with E-state index >= 15 is 0 Å². The quantitative estimate of drug-likeness (QED) is 0.426. The van der Waals surface area contributed by atoms with Crippen LogP contribution >= 0.6 is 34.8 Å². The summed E-state index contributed by atoms with van der Waals surface area (Å²) in [6.07, 6.45) is -0.936. The van der Waals surface area contributed by atoms with E-state index in [1.165, 1.54) is 0 Å². The van der Waals surface area contributed by atoms with Gasteiger partial charge in [-0.1, -0.05) is 34.8 Å². The SMILES string of the molecule is CCNC(=O)OC(=O)C(Cl)(Cl)Cl. The van der Waals surface area contributed by atoms with Crippen molar-refractivity contribution in [2.75, 3.05) is 6.54 Å². The van der Waals surface area contributed by atoms with Crippen LogP contribution < -0.4 is 5.32 Å². The fourth-order valence-electron chi connectivity index (χ4n) is 0.322. The largest absolute Gasteiger partial charge is 0.414 e. The standard InChI is InChI=1S/C5H6Cl3NO3/c1-2-9-4(11)12-3(10)5(6,7)8/h2H2,1H3,(H,9,11). The zero-order valence-corrected chi connectivity index (χ0v) is 8.33. The highest BCUT2D eigenvalue weighted by Gasteiger charge is 2.34. The molecule has 0 saturated heterocycles. The van der Waals surface area contributed by atoms with Gasteiger partial charge in [0.05, 0.1) is 0 Å². The average molecular weight is 234 g/mol. The summed E-state index contributed by atoms with van der Waals surface area (Å²) in [6.45, 7) is 1.98. The highest BCUT2D eigenvalue weighted by molar-refractivity contribution is 6.75. The maximum absolute atomic E-state index is 10.7. The summed E-state index contributed by atoms with van der Waals surface area (Å²) in [5.41, 5.74) is 0. The van der Waals surface area contributed by atoms with E-state index in [-0.39, 0.29) is 0 Å². The van der Waals surface area contributed by atoms with E-state index in [1.807, 2.05) is 0 Å². The summed E-state index contributed by atoms with van der Waals surface area (Å²) >= 11 is 15.3. The van der Waals surface area contributed by atoms with Crippen molar-refractivity contribution >= 4 is 46.9 Å². The number of esters is 1. The van der Waals surface area contributed by atoms with Gasteiger partial charge in [-0.15, -0.1) is 0 Å². The Morgan fingerprint density at radius 2 is 1.92 bits per heavy atom. The first-order chi connectivity index (χ1) is 5.38. The molecule has 0 bridgehead atoms. The van der Waals surface area contributed by atoms with Crippen LogP contribution in [0.2, 0.25) is 0 Å². The number of carbonyl (C=O) groups excluding carboxylic acids is 2. The van der Waals surface area contributed by atoms with Crippen molar-refractivity contribution in [3.05, 3.63) is 0 Å². The highest BCUT2D eigenvalue weighted by atomic mass is 35.6. The molecule has 0 saturated carbocycles. The lowest BCUT2D eigenvalue weighted by molar-refractivity contribution is -0.136. The monoisotopic (exact) mass is 233 g/mol. The van der Waals surface area contributed by atoms with Crippen molar-refractivity contribution in [2.45, 2.75) is 10.7 Å². The minimum absolute atomic E-state index is 0.325. The summed E-state index contributed by atoms with van der Waals surface area (Å²) in [4.78, 5) is 21.2. The zero-order valence-electron chi connectivity index (χ0n) is 6.07. The van der Waals surface area contributed by atoms with Crippen LogP contribution in [0.3, 0.4) is 0 Å². The smallest absolute Gasteiger partial charge is 0.373 e. The third kappa shape index (κ3) is 4.64. The molecule has 0 radical (unpaired) electrons. The number of alkyl carbamates (subject to hydrolysis) is 1. The molecule has 0 unspecified atom stereocenters. The molecular formula is C5H6Cl3NO3. The van der Waals surface area contributed by atoms with E-state index in [9.17, 15) is 9.59 Å². The topological polar surface area (TPSA) is 55.4 Å². The molecule has 1 amide bonds. The molecule has 0 aromatic heterocycles. The third-order valence-corrected chi connectivity index (χ3v) is 1.20. The second-order valence-electron chi connectivity index (χ2n) is 1.71. The Morgan fingerprint density at radius 3 is 2.25 bits per heavy atom. The number of ether oxygens (including phenoxy) is 1. The van der Waals surface area contributed by atoms with E-state index in [1.54, 1.807) is 6.92 Å². The Morgan fingerprint density at radius 1 is 1.42 bits per heavy atom. The van der Waals surface area contributed by atoms with Crippen LogP contribution in [0.25, 0.3) is 0 Å². The maximum atomic E-state index is 10.7. The number of rotatable bonds is 1. The predicted molar refractivity (Wildman–Crippen MR) is 45.5 cm³/mol. The van der Waals surface area contributed by atoms with Crippen molar-refractivity contribution < 1.29 is 14.3 Å². The first kappa shape index (κ1) is 11.8. The first-order valence-electron chi connectivity index (χ1n) is 2.94. The van der Waals surface area contributed by atoms with Crippen LogP contribution in [0.4, 0.5) is 4.79 Å². The fraction of sp³-hybridized carbons (Fsp3) is 0.600. The first-order valence-corrected chi connectivity index (χ1v) is 4.08. The van der Waals surface area contributed by atoms with Gasteiger partial charge in [0, 0.05) is 6.54 Å². The van der Waals surface area contributed by atoms with E-state index in [4.69, 9.17) is 34.8 Å². The summed E-state index contributed by atoms with van der Waals surface area (Å²) in [6, 6.07) is 0. The van der Waals surface area contributed by atoms with Crippen molar-refractivity contribution in [3.63, 3.8) is 0 Å². The van der Waals surface area contributed by atoms with Gasteiger partial charge in [-0.3, -0.25) is 0 Å². The van der Waals surface area contributed by atoms with Crippen molar-refractivity contribution in [2.24, 2.45) is 0 Å². The molecule has 0 aromatic rings. The van der Waals surface area contributed by atoms with E-state index < -0.39 is 15.9 Å². The lowest BCUT2D eigenvalue weighted by atomic mass is 10.7. The van der Waals surface area contributed by atoms with Gasteiger partial charge in [0.2, 0.25) is 0 Å². The summed E-state index contributed by atoms with van der Waals surface area (Å²) in [7, 11) is 0. The lowest BCUT2D eigenvalue weighted by Crippen LogP contribution is -2.31. The van der Waals surface area contributed by atoms with Crippen molar-refractivity contribution in [1.29, 1.82) is 0 Å². The van der Waals surface area contributed by atoms with Crippen LogP contribution in [0, 0.1) is 0 Å². The molecule has 12 heavy (non-hydrogen) atoms. The van der Waals surface area contributed by atoms with E-state index in [2.05, 4.69) is 10.1 Å². The molecule has 0 atom stereocenters. The van der Waals surface area contributed by atoms with Gasteiger partial charge in [-0.05, 0) is 6.92 Å². The molecule has 4 nitrogen and oxygen atoms in total. The molecule has 0 aliphatic rings. The summed E-state index contributed by atoms with van der Waals surface area (Å²) in [5, 5.41) is 2.19. The van der Waals surface area contributed by atoms with Crippen molar-refractivity contribution in [1.82, 2.24) is 5.32 Å². The second-order valence-corrected chi connectivity index (χ2v) is 3.99. The lowest BCUT2D eigenvalue weighted by Gasteiger charge is -2.08. The Hall–Kier alpha value is -0.190. The number of halogens is 3. The highest BCUT2D eigenvalue weighted by Crippen LogP contribution is 2.27. The maximum Gasteiger partial charge on any atom is 0.414 e. The molecule has 7 heteroatoms. The summed E-state index contributed by atoms with van der Waals surface area (Å²) < 4.78 is 1.85. The molecule has 0 fully saturated rings. The molecule has 0 aromatic carbocycles. The molecule has 0 aliphatic carbocycles. The van der Waals surface area contributed by atoms with E-state index in [0.717, 1.165) is 0 Å². The minimum atomic E-state index is -2.22. The molecular weight excluding hydrogens is 228 g/mol. The van der Waals surface area contributed by atoms with Gasteiger partial charge in [0.25, 0.3) is 3.79 Å². The number of hydrogen-bond acceptors (Lipinski definition) is 3. The number of alkyl halides is 3. The third-order valence-electron chi connectivity index (χ3n) is 0.738. The Kier molecular flexibility index (Phi) is 4.67. The molecule has 0 aliphatic heterocycles. The number of amides is 1. The van der Waals surface area contributed by atoms with Crippen LogP contribution in [0.5, 0.6) is 0 Å². The van der Waals surface area contributed by atoms with Gasteiger partial charge in [0.15, 0.2) is 0 Å². The molecule has 0 rings (SSSR count). The molecule has 0 heterocycles. The predicted octanol–water partition coefficient (Wildman–Crippen LogP) is 1.63. The molecule has 1 N–H and O–H groups in total. The minimum Gasteiger partial charge on any atom is -0.373 e. The normalized spacial score (nSPS) is 10.7. The number of nitrogens with one attached hydrogen (secondary N) is 1. The Bertz CT molecular complexity index is 189. The number of carbonyl (C=O) groups is 2. The van der Waals surface area contributed by atoms with Gasteiger partial charge in [-0.2, -0.15) is 0 Å². The Balaban J connectivity index is 3.94. The van der Waals surface area contributed by atoms with Gasteiger partial charge in [0.1, 0.15) is 0 Å². The van der Waals surface area contributed by atoms with E-state index in [0.29, 0.717) is 6.54 Å². The number of hydrogen-bond donors (Lipinski definition) is 1. The second kappa shape index (κ2) is 4.74. The summed E-state index contributed by atoms with van der Waals surface area (Å²) in [5.74, 6) is -1.22. The van der Waals surface area contributed by atoms with Crippen LogP contribution in [0.15, 0.2) is 0 Å². The van der Waals surface area contributed by atoms with Crippen LogP contribution in [-0.4, -0.2) is 22.4 Å². The fourth-order valence-corrected chi connectivity index (χ4v) is 0.438.